The Morgan fingerprint density at radius 2 is 2.00 bits per heavy atom. The Bertz CT molecular complexity index is 664. The van der Waals surface area contributed by atoms with Crippen molar-refractivity contribution < 1.29 is 14.6 Å². The lowest BCUT2D eigenvalue weighted by Gasteiger charge is -2.09. The summed E-state index contributed by atoms with van der Waals surface area (Å²) >= 11 is 0. The zero-order chi connectivity index (χ0) is 14.5. The summed E-state index contributed by atoms with van der Waals surface area (Å²) in [5, 5.41) is 9.58. The fourth-order valence-corrected chi connectivity index (χ4v) is 1.76. The van der Waals surface area contributed by atoms with E-state index in [2.05, 4.69) is 30.2 Å². The van der Waals surface area contributed by atoms with Gasteiger partial charge in [-0.2, -0.15) is 0 Å². The Labute approximate surface area is 117 Å². The first-order valence-corrected chi connectivity index (χ1v) is 6.22. The van der Waals surface area contributed by atoms with Gasteiger partial charge in [-0.05, 0) is 36.2 Å². The minimum atomic E-state index is -0.197. The molecule has 0 saturated carbocycles. The van der Waals surface area contributed by atoms with Crippen LogP contribution in [0.1, 0.15) is 22.8 Å². The highest BCUT2D eigenvalue weighted by Gasteiger charge is 2.11. The zero-order valence-electron chi connectivity index (χ0n) is 11.1. The average molecular weight is 266 g/mol. The maximum atomic E-state index is 10.5. The van der Waals surface area contributed by atoms with Gasteiger partial charge in [0.05, 0.1) is 17.7 Å². The van der Waals surface area contributed by atoms with Crippen molar-refractivity contribution in [2.24, 2.45) is 0 Å². The van der Waals surface area contributed by atoms with Gasteiger partial charge in [0.1, 0.15) is 0 Å². The van der Waals surface area contributed by atoms with Gasteiger partial charge in [0.25, 0.3) is 0 Å². The summed E-state index contributed by atoms with van der Waals surface area (Å²) in [6.07, 6.45) is 5.77. The summed E-state index contributed by atoms with van der Waals surface area (Å²) in [4.78, 5) is 10.5. The molecule has 1 aromatic rings. The number of phenolic OH excluding ortho intramolecular Hbond substituents is 1. The number of aldehydes is 1. The molecule has 0 saturated heterocycles. The molecule has 1 N–H and O–H groups in total. The standard InChI is InChI=1S/C11H10O3.C6H4/c1-3-8-5-6-9(7-12)10(13)11(8)14-4-2;1-2-5-4-6(5)3-1/h1,5-7,13H,4H2,2H3;1-4H. The predicted molar refractivity (Wildman–Crippen MR) is 78.0 cm³/mol. The normalized spacial score (nSPS) is 9.80. The molecule has 20 heavy (non-hydrogen) atoms. The van der Waals surface area contributed by atoms with Crippen LogP contribution in [-0.2, 0) is 0 Å². The SMILES string of the molecule is C#Cc1ccc(C=O)c(O)c1OCC.c1cc2cc-2c1. The third-order valence-electron chi connectivity index (χ3n) is 2.85. The lowest BCUT2D eigenvalue weighted by atomic mass is 10.1. The molecule has 0 heterocycles. The van der Waals surface area contributed by atoms with E-state index in [4.69, 9.17) is 11.2 Å². The monoisotopic (exact) mass is 266 g/mol. The van der Waals surface area contributed by atoms with Crippen LogP contribution in [0.4, 0.5) is 0 Å². The number of carbonyl (C=O) groups excluding carboxylic acids is 1. The number of fused-ring (bicyclic) bond motifs is 1. The number of hydrogen-bond donors (Lipinski definition) is 1. The maximum absolute atomic E-state index is 10.5. The van der Waals surface area contributed by atoms with Crippen molar-refractivity contribution in [2.45, 2.75) is 6.92 Å². The van der Waals surface area contributed by atoms with Crippen molar-refractivity contribution in [3.8, 4) is 35.0 Å². The van der Waals surface area contributed by atoms with Gasteiger partial charge in [0.2, 0.25) is 0 Å². The highest BCUT2D eigenvalue weighted by molar-refractivity contribution is 5.82. The maximum Gasteiger partial charge on any atom is 0.177 e. The fourth-order valence-electron chi connectivity index (χ4n) is 1.76. The van der Waals surface area contributed by atoms with Crippen LogP contribution in [0.3, 0.4) is 0 Å². The summed E-state index contributed by atoms with van der Waals surface area (Å²) in [7, 11) is 0. The van der Waals surface area contributed by atoms with Crippen molar-refractivity contribution in [3.63, 3.8) is 0 Å². The lowest BCUT2D eigenvalue weighted by molar-refractivity contribution is 0.112. The molecule has 1 aromatic carbocycles. The zero-order valence-corrected chi connectivity index (χ0v) is 11.1. The van der Waals surface area contributed by atoms with Gasteiger partial charge < -0.3 is 9.84 Å². The van der Waals surface area contributed by atoms with Gasteiger partial charge >= 0.3 is 0 Å². The van der Waals surface area contributed by atoms with Crippen LogP contribution in [0.2, 0.25) is 0 Å². The Hall–Kier alpha value is -2.73. The first kappa shape index (κ1) is 13.7. The molecule has 0 unspecified atom stereocenters. The van der Waals surface area contributed by atoms with E-state index in [-0.39, 0.29) is 17.1 Å². The molecule has 3 nitrogen and oxygen atoms in total. The Kier molecular flexibility index (Phi) is 4.07. The number of hydrogen-bond acceptors (Lipinski definition) is 3. The van der Waals surface area contributed by atoms with E-state index in [1.165, 1.54) is 17.2 Å². The molecular weight excluding hydrogens is 252 g/mol. The highest BCUT2D eigenvalue weighted by atomic mass is 16.5. The lowest BCUT2D eigenvalue weighted by Crippen LogP contribution is -1.96. The van der Waals surface area contributed by atoms with E-state index in [1.807, 2.05) is 0 Å². The summed E-state index contributed by atoms with van der Waals surface area (Å²) < 4.78 is 5.15. The van der Waals surface area contributed by atoms with Crippen molar-refractivity contribution in [3.05, 3.63) is 47.5 Å². The van der Waals surface area contributed by atoms with Crippen LogP contribution in [0.25, 0.3) is 11.1 Å². The molecule has 3 rings (SSSR count). The van der Waals surface area contributed by atoms with E-state index in [0.717, 1.165) is 0 Å². The van der Waals surface area contributed by atoms with Crippen LogP contribution in [0.5, 0.6) is 11.5 Å². The second-order valence-electron chi connectivity index (χ2n) is 4.16. The molecule has 2 aliphatic carbocycles. The van der Waals surface area contributed by atoms with Gasteiger partial charge in [0.15, 0.2) is 17.8 Å². The molecule has 0 atom stereocenters. The van der Waals surface area contributed by atoms with Crippen molar-refractivity contribution in [1.29, 1.82) is 0 Å². The molecule has 0 amide bonds. The van der Waals surface area contributed by atoms with E-state index in [1.54, 1.807) is 13.0 Å². The largest absolute Gasteiger partial charge is 0.504 e. The molecular formula is C17H14O3. The van der Waals surface area contributed by atoms with Crippen LogP contribution < -0.4 is 4.74 Å². The second-order valence-corrected chi connectivity index (χ2v) is 4.16. The number of carbonyl (C=O) groups is 1. The first-order chi connectivity index (χ1) is 9.71. The van der Waals surface area contributed by atoms with Crippen LogP contribution >= 0.6 is 0 Å². The first-order valence-electron chi connectivity index (χ1n) is 6.22. The smallest absolute Gasteiger partial charge is 0.177 e. The average Bonchev–Trinajstić information content (AvgIpc) is 3.08. The summed E-state index contributed by atoms with van der Waals surface area (Å²) in [6, 6.07) is 11.5. The molecule has 0 aliphatic heterocycles. The fraction of sp³-hybridized carbons (Fsp3) is 0.118. The van der Waals surface area contributed by atoms with Gasteiger partial charge in [-0.15, -0.1) is 6.42 Å². The molecule has 0 spiro atoms. The minimum absolute atomic E-state index is 0.174. The number of rotatable bonds is 3. The van der Waals surface area contributed by atoms with Gasteiger partial charge in [0, 0.05) is 0 Å². The van der Waals surface area contributed by atoms with Crippen LogP contribution in [-0.4, -0.2) is 18.0 Å². The van der Waals surface area contributed by atoms with E-state index >= 15 is 0 Å². The van der Waals surface area contributed by atoms with Gasteiger partial charge in [-0.1, -0.05) is 24.1 Å². The van der Waals surface area contributed by atoms with E-state index in [9.17, 15) is 9.90 Å². The molecule has 0 bridgehead atoms. The summed E-state index contributed by atoms with van der Waals surface area (Å²) in [5.41, 5.74) is 3.47. The van der Waals surface area contributed by atoms with E-state index in [0.29, 0.717) is 18.5 Å². The van der Waals surface area contributed by atoms with Gasteiger partial charge in [-0.3, -0.25) is 4.79 Å². The molecule has 0 aromatic heterocycles. The Morgan fingerprint density at radius 3 is 2.40 bits per heavy atom. The highest BCUT2D eigenvalue weighted by Crippen LogP contribution is 2.33. The molecule has 100 valence electrons. The third-order valence-corrected chi connectivity index (χ3v) is 2.85. The number of terminal acetylenes is 1. The number of benzene rings is 2. The number of ether oxygens (including phenoxy) is 1. The Morgan fingerprint density at radius 1 is 1.30 bits per heavy atom. The summed E-state index contributed by atoms with van der Waals surface area (Å²) in [6.45, 7) is 2.15. The van der Waals surface area contributed by atoms with Crippen molar-refractivity contribution in [1.82, 2.24) is 0 Å². The van der Waals surface area contributed by atoms with Gasteiger partial charge in [-0.25, -0.2) is 0 Å². The summed E-state index contributed by atoms with van der Waals surface area (Å²) in [5.74, 6) is 2.37. The quantitative estimate of drug-likeness (QED) is 0.584. The Balaban J connectivity index is 0.000000198. The van der Waals surface area contributed by atoms with Crippen LogP contribution in [0.15, 0.2) is 36.4 Å². The van der Waals surface area contributed by atoms with Crippen molar-refractivity contribution >= 4 is 6.29 Å². The van der Waals surface area contributed by atoms with Crippen LogP contribution in [0, 0.1) is 12.3 Å². The minimum Gasteiger partial charge on any atom is -0.504 e. The number of phenols is 1. The predicted octanol–water partition coefficient (Wildman–Crippen LogP) is 3.25. The topological polar surface area (TPSA) is 46.5 Å². The third kappa shape index (κ3) is 2.81. The van der Waals surface area contributed by atoms with Crippen molar-refractivity contribution in [2.75, 3.05) is 6.61 Å². The molecule has 0 radical (unpaired) electrons. The molecule has 3 heteroatoms. The van der Waals surface area contributed by atoms with E-state index < -0.39 is 0 Å². The second kappa shape index (κ2) is 5.94. The molecule has 2 aliphatic rings. The molecule has 0 fully saturated rings. The number of aromatic hydroxyl groups is 1.